The maximum absolute atomic E-state index is 12.2. The summed E-state index contributed by atoms with van der Waals surface area (Å²) >= 11 is 1.67. The highest BCUT2D eigenvalue weighted by molar-refractivity contribution is 7.13. The Morgan fingerprint density at radius 3 is 2.77 bits per heavy atom. The molecule has 0 unspecified atom stereocenters. The first-order valence-corrected chi connectivity index (χ1v) is 8.90. The van der Waals surface area contributed by atoms with Crippen LogP contribution in [-0.2, 0) is 11.2 Å². The molecule has 0 aliphatic carbocycles. The molecule has 1 aromatic carbocycles. The van der Waals surface area contributed by atoms with Crippen molar-refractivity contribution < 1.29 is 4.79 Å². The van der Waals surface area contributed by atoms with Gasteiger partial charge in [-0.15, -0.1) is 11.3 Å². The molecule has 1 aromatic heterocycles. The van der Waals surface area contributed by atoms with E-state index in [1.165, 1.54) is 17.5 Å². The molecule has 1 aliphatic rings. The number of hydrogen-bond acceptors (Lipinski definition) is 3. The first kappa shape index (κ1) is 15.2. The van der Waals surface area contributed by atoms with Gasteiger partial charge in [0.15, 0.2) is 0 Å². The Labute approximate surface area is 136 Å². The molecular weight excluding hydrogens is 292 g/mol. The summed E-state index contributed by atoms with van der Waals surface area (Å²) in [7, 11) is 0. The quantitative estimate of drug-likeness (QED) is 0.852. The first-order valence-electron chi connectivity index (χ1n) is 8.02. The third kappa shape index (κ3) is 3.55. The number of aryl methyl sites for hydroxylation is 2. The van der Waals surface area contributed by atoms with Crippen LogP contribution in [0.1, 0.15) is 36.9 Å². The number of carbonyl (C=O) groups is 1. The largest absolute Gasteiger partial charge is 0.343 e. The van der Waals surface area contributed by atoms with Gasteiger partial charge in [0.25, 0.3) is 0 Å². The molecule has 4 heteroatoms. The molecule has 3 nitrogen and oxygen atoms in total. The number of nitrogens with zero attached hydrogens (tertiary/aromatic N) is 2. The topological polar surface area (TPSA) is 33.2 Å². The van der Waals surface area contributed by atoms with Crippen molar-refractivity contribution in [2.24, 2.45) is 0 Å². The monoisotopic (exact) mass is 314 g/mol. The Morgan fingerprint density at radius 1 is 1.23 bits per heavy atom. The molecule has 2 heterocycles. The number of hydrogen-bond donors (Lipinski definition) is 0. The Balaban J connectivity index is 1.60. The summed E-state index contributed by atoms with van der Waals surface area (Å²) < 4.78 is 0. The summed E-state index contributed by atoms with van der Waals surface area (Å²) in [4.78, 5) is 18.9. The van der Waals surface area contributed by atoms with Crippen molar-refractivity contribution in [3.8, 4) is 10.6 Å². The van der Waals surface area contributed by atoms with E-state index in [9.17, 15) is 4.79 Å². The van der Waals surface area contributed by atoms with Crippen molar-refractivity contribution >= 4 is 17.2 Å². The van der Waals surface area contributed by atoms with Crippen molar-refractivity contribution in [3.05, 3.63) is 40.9 Å². The van der Waals surface area contributed by atoms with Crippen molar-refractivity contribution in [1.82, 2.24) is 9.88 Å². The average Bonchev–Trinajstić information content (AvgIpc) is 3.02. The highest BCUT2D eigenvalue weighted by Crippen LogP contribution is 2.27. The van der Waals surface area contributed by atoms with Gasteiger partial charge in [0.05, 0.1) is 5.69 Å². The molecule has 22 heavy (non-hydrogen) atoms. The maximum Gasteiger partial charge on any atom is 0.222 e. The SMILES string of the molecule is Cc1ccccc1-c1nc(CCC(=O)N2CCCCC2)cs1. The lowest BCUT2D eigenvalue weighted by Gasteiger charge is -2.26. The minimum atomic E-state index is 0.283. The van der Waals surface area contributed by atoms with E-state index in [4.69, 9.17) is 4.98 Å². The van der Waals surface area contributed by atoms with Gasteiger partial charge in [0.2, 0.25) is 5.91 Å². The molecule has 0 bridgehead atoms. The van der Waals surface area contributed by atoms with Gasteiger partial charge in [-0.2, -0.15) is 0 Å². The molecule has 1 saturated heterocycles. The fraction of sp³-hybridized carbons (Fsp3) is 0.444. The number of carbonyl (C=O) groups excluding carboxylic acids is 1. The van der Waals surface area contributed by atoms with Crippen LogP contribution >= 0.6 is 11.3 Å². The zero-order chi connectivity index (χ0) is 15.4. The lowest BCUT2D eigenvalue weighted by molar-refractivity contribution is -0.132. The molecule has 2 aromatic rings. The van der Waals surface area contributed by atoms with Crippen LogP contribution in [0, 0.1) is 6.92 Å². The molecular formula is C18H22N2OS. The zero-order valence-electron chi connectivity index (χ0n) is 13.0. The van der Waals surface area contributed by atoms with E-state index >= 15 is 0 Å². The molecule has 1 aliphatic heterocycles. The summed E-state index contributed by atoms with van der Waals surface area (Å²) in [5.74, 6) is 0.283. The molecule has 0 radical (unpaired) electrons. The summed E-state index contributed by atoms with van der Waals surface area (Å²) in [6.07, 6.45) is 4.89. The van der Waals surface area contributed by atoms with E-state index in [2.05, 4.69) is 24.4 Å². The maximum atomic E-state index is 12.2. The van der Waals surface area contributed by atoms with E-state index in [1.54, 1.807) is 11.3 Å². The van der Waals surface area contributed by atoms with Gasteiger partial charge < -0.3 is 4.90 Å². The average molecular weight is 314 g/mol. The number of rotatable bonds is 4. The Bertz CT molecular complexity index is 644. The lowest BCUT2D eigenvalue weighted by Crippen LogP contribution is -2.35. The van der Waals surface area contributed by atoms with E-state index < -0.39 is 0 Å². The first-order chi connectivity index (χ1) is 10.7. The van der Waals surface area contributed by atoms with Gasteiger partial charge >= 0.3 is 0 Å². The number of aromatic nitrogens is 1. The molecule has 1 amide bonds. The van der Waals surface area contributed by atoms with Crippen molar-refractivity contribution in [1.29, 1.82) is 0 Å². The summed E-state index contributed by atoms with van der Waals surface area (Å²) in [6.45, 7) is 3.98. The number of piperidine rings is 1. The summed E-state index contributed by atoms with van der Waals surface area (Å²) in [5, 5.41) is 3.14. The van der Waals surface area contributed by atoms with Crippen LogP contribution in [0.25, 0.3) is 10.6 Å². The minimum absolute atomic E-state index is 0.283. The predicted molar refractivity (Wildman–Crippen MR) is 91.0 cm³/mol. The van der Waals surface area contributed by atoms with Gasteiger partial charge in [0.1, 0.15) is 5.01 Å². The lowest BCUT2D eigenvalue weighted by atomic mass is 10.1. The number of thiazole rings is 1. The highest BCUT2D eigenvalue weighted by atomic mass is 32.1. The van der Waals surface area contributed by atoms with Gasteiger partial charge in [0, 0.05) is 30.5 Å². The smallest absolute Gasteiger partial charge is 0.222 e. The minimum Gasteiger partial charge on any atom is -0.343 e. The summed E-state index contributed by atoms with van der Waals surface area (Å²) in [5.41, 5.74) is 3.47. The molecule has 0 atom stereocenters. The third-order valence-electron chi connectivity index (χ3n) is 4.23. The van der Waals surface area contributed by atoms with Crippen LogP contribution in [0.4, 0.5) is 0 Å². The van der Waals surface area contributed by atoms with Crippen LogP contribution in [-0.4, -0.2) is 28.9 Å². The number of benzene rings is 1. The van der Waals surface area contributed by atoms with Crippen LogP contribution in [0.3, 0.4) is 0 Å². The van der Waals surface area contributed by atoms with E-state index in [0.29, 0.717) is 6.42 Å². The second kappa shape index (κ2) is 7.05. The Hall–Kier alpha value is -1.68. The molecule has 0 spiro atoms. The van der Waals surface area contributed by atoms with E-state index in [0.717, 1.165) is 43.1 Å². The normalized spacial score (nSPS) is 15.0. The second-order valence-electron chi connectivity index (χ2n) is 5.90. The predicted octanol–water partition coefficient (Wildman–Crippen LogP) is 4.06. The van der Waals surface area contributed by atoms with Gasteiger partial charge in [-0.3, -0.25) is 4.79 Å². The van der Waals surface area contributed by atoms with Crippen LogP contribution in [0.2, 0.25) is 0 Å². The Kier molecular flexibility index (Phi) is 4.88. The van der Waals surface area contributed by atoms with Crippen molar-refractivity contribution in [2.75, 3.05) is 13.1 Å². The van der Waals surface area contributed by atoms with Gasteiger partial charge in [-0.1, -0.05) is 24.3 Å². The third-order valence-corrected chi connectivity index (χ3v) is 5.16. The van der Waals surface area contributed by atoms with E-state index in [-0.39, 0.29) is 5.91 Å². The van der Waals surface area contributed by atoms with Crippen LogP contribution < -0.4 is 0 Å². The second-order valence-corrected chi connectivity index (χ2v) is 6.76. The van der Waals surface area contributed by atoms with Crippen molar-refractivity contribution in [2.45, 2.75) is 39.0 Å². The Morgan fingerprint density at radius 2 is 2.00 bits per heavy atom. The number of likely N-dealkylation sites (tertiary alicyclic amines) is 1. The van der Waals surface area contributed by atoms with Gasteiger partial charge in [-0.25, -0.2) is 4.98 Å². The fourth-order valence-electron chi connectivity index (χ4n) is 2.89. The standard InChI is InChI=1S/C18H22N2OS/c1-14-7-3-4-8-16(14)18-19-15(13-22-18)9-10-17(21)20-11-5-2-6-12-20/h3-4,7-8,13H,2,5-6,9-12H2,1H3. The zero-order valence-corrected chi connectivity index (χ0v) is 13.9. The highest BCUT2D eigenvalue weighted by Gasteiger charge is 2.16. The van der Waals surface area contributed by atoms with E-state index in [1.807, 2.05) is 17.0 Å². The molecule has 0 saturated carbocycles. The molecule has 116 valence electrons. The molecule has 3 rings (SSSR count). The van der Waals surface area contributed by atoms with Gasteiger partial charge in [-0.05, 0) is 38.2 Å². The number of amides is 1. The van der Waals surface area contributed by atoms with Crippen LogP contribution in [0.5, 0.6) is 0 Å². The molecule has 1 fully saturated rings. The van der Waals surface area contributed by atoms with Crippen LogP contribution in [0.15, 0.2) is 29.6 Å². The fourth-order valence-corrected chi connectivity index (χ4v) is 3.84. The van der Waals surface area contributed by atoms with Crippen molar-refractivity contribution in [3.63, 3.8) is 0 Å². The molecule has 0 N–H and O–H groups in total. The summed E-state index contributed by atoms with van der Waals surface area (Å²) in [6, 6.07) is 8.31.